The summed E-state index contributed by atoms with van der Waals surface area (Å²) in [5.74, 6) is 0.0788. The highest BCUT2D eigenvalue weighted by molar-refractivity contribution is 6.06. The van der Waals surface area contributed by atoms with E-state index in [1.54, 1.807) is 4.90 Å². The molecular formula is C15H20N2O. The predicted octanol–water partition coefficient (Wildman–Crippen LogP) is 3.29. The van der Waals surface area contributed by atoms with Gasteiger partial charge in [-0.15, -0.1) is 0 Å². The van der Waals surface area contributed by atoms with Crippen molar-refractivity contribution < 1.29 is 4.79 Å². The van der Waals surface area contributed by atoms with Crippen molar-refractivity contribution in [2.75, 3.05) is 13.6 Å². The van der Waals surface area contributed by atoms with E-state index in [0.717, 1.165) is 23.0 Å². The van der Waals surface area contributed by atoms with E-state index in [2.05, 4.69) is 25.8 Å². The first-order valence-electron chi connectivity index (χ1n) is 6.20. The second kappa shape index (κ2) is 4.48. The van der Waals surface area contributed by atoms with Crippen LogP contribution in [-0.2, 0) is 0 Å². The van der Waals surface area contributed by atoms with Crippen LogP contribution in [0.2, 0.25) is 0 Å². The molecule has 96 valence electrons. The van der Waals surface area contributed by atoms with Gasteiger partial charge in [0, 0.05) is 36.3 Å². The molecule has 1 amide bonds. The predicted molar refractivity (Wildman–Crippen MR) is 74.7 cm³/mol. The Labute approximate surface area is 108 Å². The molecular weight excluding hydrogens is 224 g/mol. The summed E-state index contributed by atoms with van der Waals surface area (Å²) in [6, 6.07) is 7.73. The third kappa shape index (κ3) is 2.55. The maximum atomic E-state index is 12.4. The number of rotatable bonds is 2. The number of nitrogens with zero attached hydrogens (tertiary/aromatic N) is 1. The first-order valence-corrected chi connectivity index (χ1v) is 6.20. The van der Waals surface area contributed by atoms with Crippen molar-refractivity contribution in [2.45, 2.75) is 20.8 Å². The molecule has 1 aromatic heterocycles. The first-order chi connectivity index (χ1) is 8.38. The van der Waals surface area contributed by atoms with E-state index in [4.69, 9.17) is 0 Å². The fraction of sp³-hybridized carbons (Fsp3) is 0.400. The zero-order valence-corrected chi connectivity index (χ0v) is 11.4. The quantitative estimate of drug-likeness (QED) is 0.864. The minimum atomic E-state index is 0.0788. The van der Waals surface area contributed by atoms with Gasteiger partial charge in [-0.05, 0) is 23.6 Å². The van der Waals surface area contributed by atoms with Gasteiger partial charge in [0.05, 0.1) is 0 Å². The minimum absolute atomic E-state index is 0.0788. The van der Waals surface area contributed by atoms with E-state index in [0.29, 0.717) is 0 Å². The molecule has 0 bridgehead atoms. The average Bonchev–Trinajstić information content (AvgIpc) is 2.73. The number of carbonyl (C=O) groups excluding carboxylic acids is 1. The fourth-order valence-corrected chi connectivity index (χ4v) is 2.26. The van der Waals surface area contributed by atoms with Crippen molar-refractivity contribution in [1.29, 1.82) is 0 Å². The zero-order chi connectivity index (χ0) is 13.3. The number of fused-ring (bicyclic) bond motifs is 1. The molecule has 3 nitrogen and oxygen atoms in total. The van der Waals surface area contributed by atoms with Crippen LogP contribution in [0.1, 0.15) is 31.1 Å². The summed E-state index contributed by atoms with van der Waals surface area (Å²) in [4.78, 5) is 17.4. The van der Waals surface area contributed by atoms with Gasteiger partial charge in [0.15, 0.2) is 0 Å². The third-order valence-corrected chi connectivity index (χ3v) is 2.88. The van der Waals surface area contributed by atoms with E-state index in [9.17, 15) is 4.79 Å². The number of H-pyrrole nitrogens is 1. The summed E-state index contributed by atoms with van der Waals surface area (Å²) in [5.41, 5.74) is 1.88. The molecule has 1 heterocycles. The molecule has 0 spiro atoms. The Morgan fingerprint density at radius 1 is 1.28 bits per heavy atom. The average molecular weight is 244 g/mol. The van der Waals surface area contributed by atoms with Gasteiger partial charge < -0.3 is 9.88 Å². The van der Waals surface area contributed by atoms with Crippen LogP contribution in [0.25, 0.3) is 10.9 Å². The smallest absolute Gasteiger partial charge is 0.254 e. The van der Waals surface area contributed by atoms with Crippen LogP contribution < -0.4 is 0 Å². The van der Waals surface area contributed by atoms with Crippen molar-refractivity contribution in [3.8, 4) is 0 Å². The van der Waals surface area contributed by atoms with Crippen molar-refractivity contribution in [2.24, 2.45) is 5.41 Å². The molecule has 1 aromatic carbocycles. The fourth-order valence-electron chi connectivity index (χ4n) is 2.26. The minimum Gasteiger partial charge on any atom is -0.361 e. The Morgan fingerprint density at radius 2 is 2.00 bits per heavy atom. The number of hydrogen-bond acceptors (Lipinski definition) is 1. The van der Waals surface area contributed by atoms with E-state index in [1.807, 2.05) is 37.5 Å². The summed E-state index contributed by atoms with van der Waals surface area (Å²) >= 11 is 0. The van der Waals surface area contributed by atoms with Gasteiger partial charge in [-0.2, -0.15) is 0 Å². The monoisotopic (exact) mass is 244 g/mol. The van der Waals surface area contributed by atoms with E-state index in [1.165, 1.54) is 0 Å². The second-order valence-corrected chi connectivity index (χ2v) is 5.97. The summed E-state index contributed by atoms with van der Waals surface area (Å²) < 4.78 is 0. The normalized spacial score (nSPS) is 11.8. The van der Waals surface area contributed by atoms with Crippen LogP contribution in [-0.4, -0.2) is 29.4 Å². The molecule has 0 atom stereocenters. The standard InChI is InChI=1S/C15H20N2O/c1-15(2,3)10-17(4)14(18)12-6-5-7-13-11(12)8-9-16-13/h5-9,16H,10H2,1-4H3. The van der Waals surface area contributed by atoms with Crippen LogP contribution in [0.5, 0.6) is 0 Å². The summed E-state index contributed by atoms with van der Waals surface area (Å²) in [5, 5.41) is 0.989. The lowest BCUT2D eigenvalue weighted by Gasteiger charge is -2.26. The van der Waals surface area contributed by atoms with Crippen molar-refractivity contribution in [3.63, 3.8) is 0 Å². The molecule has 0 aliphatic rings. The largest absolute Gasteiger partial charge is 0.361 e. The Morgan fingerprint density at radius 3 is 2.67 bits per heavy atom. The lowest BCUT2D eigenvalue weighted by atomic mass is 9.96. The molecule has 18 heavy (non-hydrogen) atoms. The lowest BCUT2D eigenvalue weighted by molar-refractivity contribution is 0.0747. The lowest BCUT2D eigenvalue weighted by Crippen LogP contribution is -2.34. The van der Waals surface area contributed by atoms with E-state index in [-0.39, 0.29) is 11.3 Å². The summed E-state index contributed by atoms with van der Waals surface area (Å²) in [6.07, 6.45) is 1.87. The Hall–Kier alpha value is -1.77. The van der Waals surface area contributed by atoms with Crippen molar-refractivity contribution in [3.05, 3.63) is 36.0 Å². The number of aromatic amines is 1. The Bertz CT molecular complexity index is 563. The molecule has 0 radical (unpaired) electrons. The van der Waals surface area contributed by atoms with Gasteiger partial charge in [0.2, 0.25) is 0 Å². The maximum Gasteiger partial charge on any atom is 0.254 e. The Balaban J connectivity index is 2.31. The summed E-state index contributed by atoms with van der Waals surface area (Å²) in [7, 11) is 1.86. The Kier molecular flexibility index (Phi) is 3.16. The van der Waals surface area contributed by atoms with Crippen LogP contribution in [0.3, 0.4) is 0 Å². The number of hydrogen-bond donors (Lipinski definition) is 1. The molecule has 0 aliphatic heterocycles. The first kappa shape index (κ1) is 12.7. The highest BCUT2D eigenvalue weighted by Gasteiger charge is 2.20. The van der Waals surface area contributed by atoms with Gasteiger partial charge >= 0.3 is 0 Å². The maximum absolute atomic E-state index is 12.4. The van der Waals surface area contributed by atoms with Gasteiger partial charge in [-0.1, -0.05) is 26.8 Å². The topological polar surface area (TPSA) is 36.1 Å². The van der Waals surface area contributed by atoms with Crippen molar-refractivity contribution in [1.82, 2.24) is 9.88 Å². The van der Waals surface area contributed by atoms with Crippen LogP contribution in [0.4, 0.5) is 0 Å². The molecule has 2 rings (SSSR count). The SMILES string of the molecule is CN(CC(C)(C)C)C(=O)c1cccc2[nH]ccc12. The highest BCUT2D eigenvalue weighted by Crippen LogP contribution is 2.21. The highest BCUT2D eigenvalue weighted by atomic mass is 16.2. The molecule has 1 N–H and O–H groups in total. The van der Waals surface area contributed by atoms with Gasteiger partial charge in [-0.25, -0.2) is 0 Å². The van der Waals surface area contributed by atoms with Crippen molar-refractivity contribution >= 4 is 16.8 Å². The molecule has 0 saturated carbocycles. The number of carbonyl (C=O) groups is 1. The molecule has 2 aromatic rings. The van der Waals surface area contributed by atoms with Gasteiger partial charge in [0.1, 0.15) is 0 Å². The van der Waals surface area contributed by atoms with Gasteiger partial charge in [-0.3, -0.25) is 4.79 Å². The number of amides is 1. The molecule has 0 saturated heterocycles. The molecule has 0 aliphatic carbocycles. The van der Waals surface area contributed by atoms with Crippen LogP contribution in [0.15, 0.2) is 30.5 Å². The number of aromatic nitrogens is 1. The van der Waals surface area contributed by atoms with E-state index < -0.39 is 0 Å². The van der Waals surface area contributed by atoms with Crippen LogP contribution in [0, 0.1) is 5.41 Å². The van der Waals surface area contributed by atoms with Gasteiger partial charge in [0.25, 0.3) is 5.91 Å². The third-order valence-electron chi connectivity index (χ3n) is 2.88. The number of benzene rings is 1. The second-order valence-electron chi connectivity index (χ2n) is 5.97. The van der Waals surface area contributed by atoms with E-state index >= 15 is 0 Å². The van der Waals surface area contributed by atoms with Crippen LogP contribution >= 0.6 is 0 Å². The zero-order valence-electron chi connectivity index (χ0n) is 11.4. The molecule has 0 fully saturated rings. The summed E-state index contributed by atoms with van der Waals surface area (Å²) in [6.45, 7) is 7.14. The molecule has 3 heteroatoms. The number of nitrogens with one attached hydrogen (secondary N) is 1. The molecule has 0 unspecified atom stereocenters.